The van der Waals surface area contributed by atoms with Crippen LogP contribution < -0.4 is 4.90 Å². The van der Waals surface area contributed by atoms with Gasteiger partial charge in [0.1, 0.15) is 5.69 Å². The lowest BCUT2D eigenvalue weighted by atomic mass is 10.2. The first-order chi connectivity index (χ1) is 11.3. The molecule has 2 aromatic carbocycles. The Labute approximate surface area is 136 Å². The average Bonchev–Trinajstić information content (AvgIpc) is 2.62. The molecule has 3 rings (SSSR count). The molecule has 0 spiro atoms. The highest BCUT2D eigenvalue weighted by Crippen LogP contribution is 2.19. The van der Waals surface area contributed by atoms with Crippen LogP contribution in [0.5, 0.6) is 0 Å². The number of carbonyl (C=O) groups is 1. The first-order valence-electron chi connectivity index (χ1n) is 8.02. The van der Waals surface area contributed by atoms with Crippen molar-refractivity contribution in [3.8, 4) is 0 Å². The number of fused-ring (bicyclic) bond motifs is 1. The van der Waals surface area contributed by atoms with E-state index in [2.05, 4.69) is 11.9 Å². The highest BCUT2D eigenvalue weighted by atomic mass is 16.2. The molecule has 1 heterocycles. The van der Waals surface area contributed by atoms with Crippen LogP contribution in [0.15, 0.2) is 66.7 Å². The van der Waals surface area contributed by atoms with Gasteiger partial charge in [0.15, 0.2) is 0 Å². The molecule has 1 aromatic heterocycles. The molecule has 116 valence electrons. The van der Waals surface area contributed by atoms with Crippen LogP contribution in [-0.4, -0.2) is 17.4 Å². The number of para-hydroxylation sites is 2. The number of carbonyl (C=O) groups excluding carboxylic acids is 1. The van der Waals surface area contributed by atoms with E-state index in [4.69, 9.17) is 0 Å². The molecule has 0 saturated carbocycles. The Morgan fingerprint density at radius 1 is 0.957 bits per heavy atom. The van der Waals surface area contributed by atoms with E-state index in [0.29, 0.717) is 12.2 Å². The monoisotopic (exact) mass is 304 g/mol. The van der Waals surface area contributed by atoms with Crippen molar-refractivity contribution in [2.45, 2.75) is 19.8 Å². The van der Waals surface area contributed by atoms with Crippen molar-refractivity contribution in [3.63, 3.8) is 0 Å². The van der Waals surface area contributed by atoms with E-state index in [-0.39, 0.29) is 5.91 Å². The Balaban J connectivity index is 1.95. The van der Waals surface area contributed by atoms with Gasteiger partial charge in [-0.3, -0.25) is 4.79 Å². The lowest BCUT2D eigenvalue weighted by Gasteiger charge is -2.22. The predicted octanol–water partition coefficient (Wildman–Crippen LogP) is 4.68. The maximum atomic E-state index is 13.0. The highest BCUT2D eigenvalue weighted by molar-refractivity contribution is 6.05. The zero-order valence-corrected chi connectivity index (χ0v) is 13.3. The van der Waals surface area contributed by atoms with Crippen LogP contribution in [0.4, 0.5) is 5.69 Å². The SMILES string of the molecule is CCCCN(C(=O)c1ccc2ccccc2n1)c1ccccc1. The molecule has 0 radical (unpaired) electrons. The molecule has 0 saturated heterocycles. The van der Waals surface area contributed by atoms with Crippen molar-refractivity contribution < 1.29 is 4.79 Å². The van der Waals surface area contributed by atoms with Crippen LogP contribution in [0.1, 0.15) is 30.3 Å². The van der Waals surface area contributed by atoms with Gasteiger partial charge in [-0.2, -0.15) is 0 Å². The topological polar surface area (TPSA) is 33.2 Å². The van der Waals surface area contributed by atoms with E-state index < -0.39 is 0 Å². The van der Waals surface area contributed by atoms with Crippen LogP contribution in [0.3, 0.4) is 0 Å². The molecule has 0 N–H and O–H groups in total. The van der Waals surface area contributed by atoms with Crippen LogP contribution in [0, 0.1) is 0 Å². The molecule has 3 nitrogen and oxygen atoms in total. The van der Waals surface area contributed by atoms with Gasteiger partial charge in [0.25, 0.3) is 5.91 Å². The summed E-state index contributed by atoms with van der Waals surface area (Å²) in [5, 5.41) is 1.05. The molecule has 0 aliphatic rings. The van der Waals surface area contributed by atoms with Crippen LogP contribution in [0.2, 0.25) is 0 Å². The second-order valence-electron chi connectivity index (χ2n) is 5.54. The summed E-state index contributed by atoms with van der Waals surface area (Å²) in [6, 6.07) is 21.4. The third-order valence-corrected chi connectivity index (χ3v) is 3.87. The lowest BCUT2D eigenvalue weighted by molar-refractivity contribution is 0.0982. The maximum absolute atomic E-state index is 13.0. The minimum atomic E-state index is -0.0459. The van der Waals surface area contributed by atoms with E-state index >= 15 is 0 Å². The number of benzene rings is 2. The van der Waals surface area contributed by atoms with Gasteiger partial charge in [0.2, 0.25) is 0 Å². The summed E-state index contributed by atoms with van der Waals surface area (Å²) in [6.07, 6.45) is 2.01. The molecule has 3 heteroatoms. The van der Waals surface area contributed by atoms with E-state index in [0.717, 1.165) is 29.4 Å². The smallest absolute Gasteiger partial charge is 0.276 e. The van der Waals surface area contributed by atoms with E-state index in [1.807, 2.05) is 71.6 Å². The summed E-state index contributed by atoms with van der Waals surface area (Å²) < 4.78 is 0. The van der Waals surface area contributed by atoms with Gasteiger partial charge >= 0.3 is 0 Å². The molecule has 0 fully saturated rings. The number of nitrogens with zero attached hydrogens (tertiary/aromatic N) is 2. The zero-order chi connectivity index (χ0) is 16.1. The van der Waals surface area contributed by atoms with Crippen molar-refractivity contribution in [1.29, 1.82) is 0 Å². The van der Waals surface area contributed by atoms with Gasteiger partial charge in [-0.25, -0.2) is 4.98 Å². The third kappa shape index (κ3) is 3.39. The third-order valence-electron chi connectivity index (χ3n) is 3.87. The van der Waals surface area contributed by atoms with E-state index in [9.17, 15) is 4.79 Å². The molecule has 0 aliphatic carbocycles. The normalized spacial score (nSPS) is 10.7. The number of rotatable bonds is 5. The van der Waals surface area contributed by atoms with Crippen molar-refractivity contribution in [1.82, 2.24) is 4.98 Å². The Bertz CT molecular complexity index is 799. The van der Waals surface area contributed by atoms with Crippen molar-refractivity contribution in [3.05, 3.63) is 72.4 Å². The van der Waals surface area contributed by atoms with Gasteiger partial charge in [0, 0.05) is 17.6 Å². The van der Waals surface area contributed by atoms with Crippen LogP contribution in [-0.2, 0) is 0 Å². The minimum Gasteiger partial charge on any atom is -0.307 e. The van der Waals surface area contributed by atoms with Crippen molar-refractivity contribution >= 4 is 22.5 Å². The molecule has 23 heavy (non-hydrogen) atoms. The molecule has 1 amide bonds. The Hall–Kier alpha value is -2.68. The van der Waals surface area contributed by atoms with E-state index in [1.165, 1.54) is 0 Å². The standard InChI is InChI=1S/C20H20N2O/c1-2-3-15-22(17-10-5-4-6-11-17)20(23)19-14-13-16-9-7-8-12-18(16)21-19/h4-14H,2-3,15H2,1H3. The largest absolute Gasteiger partial charge is 0.307 e. The molecule has 0 atom stereocenters. The summed E-state index contributed by atoms with van der Waals surface area (Å²) >= 11 is 0. The Morgan fingerprint density at radius 2 is 1.70 bits per heavy atom. The predicted molar refractivity (Wildman–Crippen MR) is 94.8 cm³/mol. The lowest BCUT2D eigenvalue weighted by Crippen LogP contribution is -2.32. The fraction of sp³-hybridized carbons (Fsp3) is 0.200. The number of anilines is 1. The Kier molecular flexibility index (Phi) is 4.67. The maximum Gasteiger partial charge on any atom is 0.276 e. The first kappa shape index (κ1) is 15.2. The van der Waals surface area contributed by atoms with Gasteiger partial charge < -0.3 is 4.90 Å². The van der Waals surface area contributed by atoms with Gasteiger partial charge in [-0.1, -0.05) is 55.8 Å². The van der Waals surface area contributed by atoms with Crippen molar-refractivity contribution in [2.24, 2.45) is 0 Å². The Morgan fingerprint density at radius 3 is 2.48 bits per heavy atom. The molecular formula is C20H20N2O. The first-order valence-corrected chi connectivity index (χ1v) is 8.02. The number of hydrogen-bond donors (Lipinski definition) is 0. The fourth-order valence-electron chi connectivity index (χ4n) is 2.60. The fourth-order valence-corrected chi connectivity index (χ4v) is 2.60. The molecule has 0 bridgehead atoms. The van der Waals surface area contributed by atoms with Crippen LogP contribution >= 0.6 is 0 Å². The summed E-state index contributed by atoms with van der Waals surface area (Å²) in [7, 11) is 0. The number of aromatic nitrogens is 1. The van der Waals surface area contributed by atoms with Gasteiger partial charge in [-0.15, -0.1) is 0 Å². The second-order valence-corrected chi connectivity index (χ2v) is 5.54. The molecule has 0 unspecified atom stereocenters. The summed E-state index contributed by atoms with van der Waals surface area (Å²) in [5.41, 5.74) is 2.26. The number of amides is 1. The number of hydrogen-bond acceptors (Lipinski definition) is 2. The van der Waals surface area contributed by atoms with Gasteiger partial charge in [0.05, 0.1) is 5.52 Å². The summed E-state index contributed by atoms with van der Waals surface area (Å²) in [4.78, 5) is 19.3. The quantitative estimate of drug-likeness (QED) is 0.685. The number of pyridine rings is 1. The second kappa shape index (κ2) is 7.05. The highest BCUT2D eigenvalue weighted by Gasteiger charge is 2.18. The van der Waals surface area contributed by atoms with Gasteiger partial charge in [-0.05, 0) is 30.7 Å². The minimum absolute atomic E-state index is 0.0459. The summed E-state index contributed by atoms with van der Waals surface area (Å²) in [5.74, 6) is -0.0459. The molecule has 3 aromatic rings. The number of unbranched alkanes of at least 4 members (excludes halogenated alkanes) is 1. The van der Waals surface area contributed by atoms with Crippen molar-refractivity contribution in [2.75, 3.05) is 11.4 Å². The molecular weight excluding hydrogens is 284 g/mol. The molecule has 0 aliphatic heterocycles. The zero-order valence-electron chi connectivity index (χ0n) is 13.3. The van der Waals surface area contributed by atoms with Crippen LogP contribution in [0.25, 0.3) is 10.9 Å². The van der Waals surface area contributed by atoms with E-state index in [1.54, 1.807) is 0 Å². The summed E-state index contributed by atoms with van der Waals surface area (Å²) in [6.45, 7) is 2.83. The average molecular weight is 304 g/mol.